The molecule has 0 N–H and O–H groups in total. The van der Waals surface area contributed by atoms with Gasteiger partial charge in [0.15, 0.2) is 0 Å². The third kappa shape index (κ3) is 4.75. The molecule has 0 spiro atoms. The Labute approximate surface area is 214 Å². The average molecular weight is 508 g/mol. The van der Waals surface area contributed by atoms with Crippen molar-refractivity contribution in [2.24, 2.45) is 0 Å². The van der Waals surface area contributed by atoms with Crippen LogP contribution in [0.3, 0.4) is 0 Å². The molecule has 0 unspecified atom stereocenters. The molecule has 2 aromatic carbocycles. The summed E-state index contributed by atoms with van der Waals surface area (Å²) in [4.78, 5) is 40.1. The van der Waals surface area contributed by atoms with Crippen LogP contribution in [0, 0.1) is 10.1 Å². The van der Waals surface area contributed by atoms with E-state index in [1.165, 1.54) is 12.1 Å². The standard InChI is InChI=1S/C27H29N3O5S/c1-6-10-29-22-14-23(35-5)19(12-21(22)17(2)15-27(29,3)4)13-24-25(31)28(26(32)36-24)16-18-8-7-9-20(11-18)30(33)34/h7-9,11-15H,6,10,16H2,1-5H3/b24-13+. The first-order chi connectivity index (χ1) is 17.1. The van der Waals surface area contributed by atoms with Crippen molar-refractivity contribution in [3.8, 4) is 5.75 Å². The number of carbonyl (C=O) groups excluding carboxylic acids is 2. The van der Waals surface area contributed by atoms with Gasteiger partial charge in [0.2, 0.25) is 0 Å². The number of ether oxygens (including phenoxy) is 1. The number of carbonyl (C=O) groups is 2. The van der Waals surface area contributed by atoms with Crippen molar-refractivity contribution in [1.29, 1.82) is 0 Å². The molecule has 0 radical (unpaired) electrons. The fourth-order valence-electron chi connectivity index (χ4n) is 4.77. The molecule has 188 valence electrons. The Kier molecular flexibility index (Phi) is 6.95. The summed E-state index contributed by atoms with van der Waals surface area (Å²) in [5.41, 5.74) is 4.27. The van der Waals surface area contributed by atoms with Crippen LogP contribution >= 0.6 is 11.8 Å². The number of allylic oxidation sites excluding steroid dienone is 1. The van der Waals surface area contributed by atoms with E-state index in [1.54, 1.807) is 25.3 Å². The Morgan fingerprint density at radius 1 is 1.19 bits per heavy atom. The summed E-state index contributed by atoms with van der Waals surface area (Å²) in [6.07, 6.45) is 4.93. The van der Waals surface area contributed by atoms with E-state index >= 15 is 0 Å². The monoisotopic (exact) mass is 507 g/mol. The van der Waals surface area contributed by atoms with E-state index in [0.717, 1.165) is 46.5 Å². The molecule has 4 rings (SSSR count). The molecule has 2 aromatic rings. The zero-order chi connectivity index (χ0) is 26.2. The summed E-state index contributed by atoms with van der Waals surface area (Å²) >= 11 is 0.856. The van der Waals surface area contributed by atoms with Gasteiger partial charge in [-0.1, -0.05) is 25.1 Å². The van der Waals surface area contributed by atoms with Crippen molar-refractivity contribution in [3.05, 3.63) is 74.2 Å². The van der Waals surface area contributed by atoms with Gasteiger partial charge in [0.05, 0.1) is 29.0 Å². The van der Waals surface area contributed by atoms with Gasteiger partial charge in [0, 0.05) is 41.6 Å². The summed E-state index contributed by atoms with van der Waals surface area (Å²) in [6.45, 7) is 9.46. The lowest BCUT2D eigenvalue weighted by molar-refractivity contribution is -0.384. The third-order valence-electron chi connectivity index (χ3n) is 6.40. The molecule has 0 bridgehead atoms. The van der Waals surface area contributed by atoms with Crippen molar-refractivity contribution in [3.63, 3.8) is 0 Å². The second-order valence-corrected chi connectivity index (χ2v) is 10.4. The molecule has 2 heterocycles. The molecule has 36 heavy (non-hydrogen) atoms. The Morgan fingerprint density at radius 2 is 1.94 bits per heavy atom. The van der Waals surface area contributed by atoms with Gasteiger partial charge in [-0.3, -0.25) is 24.6 Å². The molecule has 9 heteroatoms. The Hall–Kier alpha value is -3.59. The molecule has 2 amide bonds. The predicted molar refractivity (Wildman–Crippen MR) is 143 cm³/mol. The molecule has 1 fully saturated rings. The van der Waals surface area contributed by atoms with Crippen molar-refractivity contribution in [2.75, 3.05) is 18.6 Å². The summed E-state index contributed by atoms with van der Waals surface area (Å²) < 4.78 is 5.70. The van der Waals surface area contributed by atoms with E-state index in [-0.39, 0.29) is 22.7 Å². The number of fused-ring (bicyclic) bond motifs is 1. The quantitative estimate of drug-likeness (QED) is 0.248. The largest absolute Gasteiger partial charge is 0.496 e. The van der Waals surface area contributed by atoms with E-state index in [0.29, 0.717) is 16.9 Å². The number of benzene rings is 2. The van der Waals surface area contributed by atoms with Crippen LogP contribution in [0.5, 0.6) is 5.75 Å². The van der Waals surface area contributed by atoms with Gasteiger partial charge >= 0.3 is 0 Å². The number of nitro benzene ring substituents is 1. The maximum atomic E-state index is 13.1. The third-order valence-corrected chi connectivity index (χ3v) is 7.31. The van der Waals surface area contributed by atoms with Gasteiger partial charge in [-0.2, -0.15) is 0 Å². The van der Waals surface area contributed by atoms with Gasteiger partial charge in [0.25, 0.3) is 16.8 Å². The van der Waals surface area contributed by atoms with Crippen LogP contribution in [0.25, 0.3) is 11.6 Å². The Bertz CT molecular complexity index is 1310. The fourth-order valence-corrected chi connectivity index (χ4v) is 5.60. The highest BCUT2D eigenvalue weighted by Crippen LogP contribution is 2.43. The lowest BCUT2D eigenvalue weighted by Gasteiger charge is -2.43. The molecule has 1 saturated heterocycles. The number of amides is 2. The normalized spacial score (nSPS) is 17.9. The topological polar surface area (TPSA) is 93.0 Å². The number of non-ortho nitro benzene ring substituents is 1. The summed E-state index contributed by atoms with van der Waals surface area (Å²) in [5, 5.41) is 10.7. The highest BCUT2D eigenvalue weighted by Gasteiger charge is 2.36. The lowest BCUT2D eigenvalue weighted by Crippen LogP contribution is -2.45. The molecule has 0 saturated carbocycles. The average Bonchev–Trinajstić information content (AvgIpc) is 3.08. The van der Waals surface area contributed by atoms with Crippen molar-refractivity contribution < 1.29 is 19.2 Å². The van der Waals surface area contributed by atoms with E-state index < -0.39 is 16.1 Å². The summed E-state index contributed by atoms with van der Waals surface area (Å²) in [7, 11) is 1.59. The van der Waals surface area contributed by atoms with Crippen molar-refractivity contribution >= 4 is 45.9 Å². The van der Waals surface area contributed by atoms with E-state index in [9.17, 15) is 19.7 Å². The second kappa shape index (κ2) is 9.81. The van der Waals surface area contributed by atoms with Crippen LogP contribution in [-0.4, -0.2) is 40.2 Å². The number of anilines is 1. The van der Waals surface area contributed by atoms with Crippen LogP contribution < -0.4 is 9.64 Å². The summed E-state index contributed by atoms with van der Waals surface area (Å²) in [6, 6.07) is 9.95. The Balaban J connectivity index is 1.68. The molecule has 0 atom stereocenters. The number of rotatable bonds is 7. The first-order valence-electron chi connectivity index (χ1n) is 11.7. The van der Waals surface area contributed by atoms with Crippen LogP contribution in [0.2, 0.25) is 0 Å². The molecule has 2 aliphatic rings. The lowest BCUT2D eigenvalue weighted by atomic mass is 9.87. The minimum absolute atomic E-state index is 0.0338. The second-order valence-electron chi connectivity index (χ2n) is 9.44. The minimum Gasteiger partial charge on any atom is -0.496 e. The highest BCUT2D eigenvalue weighted by molar-refractivity contribution is 8.18. The number of hydrogen-bond donors (Lipinski definition) is 0. The van der Waals surface area contributed by atoms with Gasteiger partial charge in [0.1, 0.15) is 5.75 Å². The number of hydrogen-bond acceptors (Lipinski definition) is 7. The number of imide groups is 1. The van der Waals surface area contributed by atoms with Crippen LogP contribution in [-0.2, 0) is 11.3 Å². The molecular formula is C27H29N3O5S. The highest BCUT2D eigenvalue weighted by atomic mass is 32.2. The Morgan fingerprint density at radius 3 is 2.61 bits per heavy atom. The van der Waals surface area contributed by atoms with Gasteiger partial charge in [-0.15, -0.1) is 0 Å². The zero-order valence-corrected chi connectivity index (χ0v) is 21.8. The predicted octanol–water partition coefficient (Wildman–Crippen LogP) is 6.25. The molecule has 8 nitrogen and oxygen atoms in total. The summed E-state index contributed by atoms with van der Waals surface area (Å²) in [5.74, 6) is 0.183. The maximum absolute atomic E-state index is 13.1. The first kappa shape index (κ1) is 25.5. The SMILES string of the molecule is CCCN1c2cc(OC)c(/C=C3/SC(=O)N(Cc4cccc([N+](=O)[O-])c4)C3=O)cc2C(C)=CC1(C)C. The maximum Gasteiger partial charge on any atom is 0.293 e. The first-order valence-corrected chi connectivity index (χ1v) is 12.6. The number of methoxy groups -OCH3 is 1. The van der Waals surface area contributed by atoms with Crippen molar-refractivity contribution in [1.82, 2.24) is 4.90 Å². The number of thioether (sulfide) groups is 1. The smallest absolute Gasteiger partial charge is 0.293 e. The van der Waals surface area contributed by atoms with Crippen molar-refractivity contribution in [2.45, 2.75) is 46.2 Å². The van der Waals surface area contributed by atoms with E-state index in [4.69, 9.17) is 4.74 Å². The van der Waals surface area contributed by atoms with Crippen LogP contribution in [0.15, 0.2) is 47.4 Å². The fraction of sp³-hybridized carbons (Fsp3) is 0.333. The van der Waals surface area contributed by atoms with Crippen LogP contribution in [0.1, 0.15) is 50.8 Å². The number of nitrogens with zero attached hydrogens (tertiary/aromatic N) is 3. The van der Waals surface area contributed by atoms with Crippen LogP contribution in [0.4, 0.5) is 16.2 Å². The molecule has 2 aliphatic heterocycles. The molecular weight excluding hydrogens is 478 g/mol. The van der Waals surface area contributed by atoms with Gasteiger partial charge < -0.3 is 9.64 Å². The minimum atomic E-state index is -0.501. The number of nitro groups is 1. The van der Waals surface area contributed by atoms with E-state index in [1.807, 2.05) is 12.1 Å². The zero-order valence-electron chi connectivity index (χ0n) is 21.0. The van der Waals surface area contributed by atoms with Gasteiger partial charge in [-0.05, 0) is 62.2 Å². The van der Waals surface area contributed by atoms with E-state index in [2.05, 4.69) is 38.7 Å². The molecule has 0 aromatic heterocycles. The molecule has 0 aliphatic carbocycles. The van der Waals surface area contributed by atoms with Gasteiger partial charge in [-0.25, -0.2) is 0 Å².